The van der Waals surface area contributed by atoms with Crippen LogP contribution in [0.4, 0.5) is 5.69 Å². The minimum atomic E-state index is -0.339. The lowest BCUT2D eigenvalue weighted by atomic mass is 9.86. The highest BCUT2D eigenvalue weighted by Gasteiger charge is 2.21. The predicted molar refractivity (Wildman–Crippen MR) is 102 cm³/mol. The molecule has 4 heteroatoms. The summed E-state index contributed by atoms with van der Waals surface area (Å²) in [6.07, 6.45) is 8.04. The largest absolute Gasteiger partial charge is 0.387 e. The Morgan fingerprint density at radius 1 is 1.24 bits per heavy atom. The first-order valence-electron chi connectivity index (χ1n) is 9.39. The van der Waals surface area contributed by atoms with Crippen LogP contribution in [0.1, 0.15) is 57.6 Å². The summed E-state index contributed by atoms with van der Waals surface area (Å²) in [7, 11) is 0. The minimum absolute atomic E-state index is 0.130. The Labute approximate surface area is 151 Å². The number of aryl methyl sites for hydroxylation is 2. The predicted octanol–water partition coefficient (Wildman–Crippen LogP) is 4.33. The van der Waals surface area contributed by atoms with Gasteiger partial charge in [-0.3, -0.25) is 4.79 Å². The standard InChI is InChI=1S/C21H29N3O/c1-4-16-10-8-11-17(5-2)20(16)24-21(25)18(13-22)14-23-19-12-7-6-9-15(19)3/h8,10-11,14-15,19,23H,4-7,9,12H2,1-3H3,(H,24,25)/b18-14-. The highest BCUT2D eigenvalue weighted by Crippen LogP contribution is 2.25. The lowest BCUT2D eigenvalue weighted by Crippen LogP contribution is -2.34. The van der Waals surface area contributed by atoms with Gasteiger partial charge in [-0.2, -0.15) is 5.26 Å². The number of nitriles is 1. The zero-order valence-corrected chi connectivity index (χ0v) is 15.6. The number of hydrogen-bond donors (Lipinski definition) is 2. The highest BCUT2D eigenvalue weighted by atomic mass is 16.1. The van der Waals surface area contributed by atoms with Crippen molar-refractivity contribution in [2.75, 3.05) is 5.32 Å². The van der Waals surface area contributed by atoms with Crippen LogP contribution in [0.15, 0.2) is 30.0 Å². The first kappa shape index (κ1) is 19.1. The van der Waals surface area contributed by atoms with Gasteiger partial charge in [0.05, 0.1) is 0 Å². The summed E-state index contributed by atoms with van der Waals surface area (Å²) in [5.41, 5.74) is 3.17. The van der Waals surface area contributed by atoms with Crippen LogP contribution in [0.3, 0.4) is 0 Å². The summed E-state index contributed by atoms with van der Waals surface area (Å²) < 4.78 is 0. The third-order valence-electron chi connectivity index (χ3n) is 5.16. The molecule has 1 amide bonds. The fourth-order valence-corrected chi connectivity index (χ4v) is 3.49. The van der Waals surface area contributed by atoms with E-state index in [2.05, 4.69) is 31.4 Å². The fourth-order valence-electron chi connectivity index (χ4n) is 3.49. The van der Waals surface area contributed by atoms with Gasteiger partial charge in [-0.25, -0.2) is 0 Å². The van der Waals surface area contributed by atoms with E-state index in [0.717, 1.165) is 36.1 Å². The molecule has 2 N–H and O–H groups in total. The van der Waals surface area contributed by atoms with Gasteiger partial charge < -0.3 is 10.6 Å². The van der Waals surface area contributed by atoms with Crippen LogP contribution in [0, 0.1) is 17.2 Å². The van der Waals surface area contributed by atoms with E-state index in [1.54, 1.807) is 6.20 Å². The van der Waals surface area contributed by atoms with E-state index in [1.165, 1.54) is 19.3 Å². The van der Waals surface area contributed by atoms with Crippen molar-refractivity contribution in [1.82, 2.24) is 5.32 Å². The van der Waals surface area contributed by atoms with Crippen molar-refractivity contribution in [3.63, 3.8) is 0 Å². The Balaban J connectivity index is 2.13. The van der Waals surface area contributed by atoms with Crippen molar-refractivity contribution in [3.8, 4) is 6.07 Å². The van der Waals surface area contributed by atoms with Crippen LogP contribution in [-0.4, -0.2) is 11.9 Å². The number of anilines is 1. The van der Waals surface area contributed by atoms with Gasteiger partial charge in [-0.05, 0) is 42.7 Å². The lowest BCUT2D eigenvalue weighted by molar-refractivity contribution is -0.112. The second-order valence-electron chi connectivity index (χ2n) is 6.82. The number of amides is 1. The molecule has 1 fully saturated rings. The maximum atomic E-state index is 12.6. The molecule has 0 aliphatic heterocycles. The van der Waals surface area contributed by atoms with E-state index < -0.39 is 0 Å². The quantitative estimate of drug-likeness (QED) is 0.599. The van der Waals surface area contributed by atoms with Crippen LogP contribution in [0.2, 0.25) is 0 Å². The van der Waals surface area contributed by atoms with E-state index in [9.17, 15) is 10.1 Å². The van der Waals surface area contributed by atoms with Gasteiger partial charge in [0, 0.05) is 17.9 Å². The molecule has 2 unspecified atom stereocenters. The van der Waals surface area contributed by atoms with Crippen molar-refractivity contribution in [2.24, 2.45) is 5.92 Å². The van der Waals surface area contributed by atoms with Gasteiger partial charge in [0.1, 0.15) is 11.6 Å². The summed E-state index contributed by atoms with van der Waals surface area (Å²) in [5, 5.41) is 15.7. The molecule has 0 aromatic heterocycles. The average molecular weight is 339 g/mol. The summed E-state index contributed by atoms with van der Waals surface area (Å²) in [6.45, 7) is 6.36. The van der Waals surface area contributed by atoms with Crippen molar-refractivity contribution in [2.45, 2.75) is 65.3 Å². The Hall–Kier alpha value is -2.28. The smallest absolute Gasteiger partial charge is 0.267 e. The molecule has 4 nitrogen and oxygen atoms in total. The van der Waals surface area contributed by atoms with E-state index in [1.807, 2.05) is 24.3 Å². The number of nitrogens with one attached hydrogen (secondary N) is 2. The summed E-state index contributed by atoms with van der Waals surface area (Å²) >= 11 is 0. The first-order valence-corrected chi connectivity index (χ1v) is 9.39. The van der Waals surface area contributed by atoms with Crippen molar-refractivity contribution >= 4 is 11.6 Å². The second-order valence-corrected chi connectivity index (χ2v) is 6.82. The number of benzene rings is 1. The molecule has 2 rings (SSSR count). The third-order valence-corrected chi connectivity index (χ3v) is 5.16. The molecule has 25 heavy (non-hydrogen) atoms. The molecule has 1 aliphatic carbocycles. The first-order chi connectivity index (χ1) is 12.1. The molecule has 1 aromatic rings. The Kier molecular flexibility index (Phi) is 7.06. The average Bonchev–Trinajstić information content (AvgIpc) is 2.63. The zero-order chi connectivity index (χ0) is 18.2. The SMILES string of the molecule is CCc1cccc(CC)c1NC(=O)/C(C#N)=C\NC1CCCCC1C. The van der Waals surface area contributed by atoms with Crippen LogP contribution >= 0.6 is 0 Å². The molecule has 1 aliphatic rings. The molecule has 1 aromatic carbocycles. The van der Waals surface area contributed by atoms with Gasteiger partial charge in [-0.15, -0.1) is 0 Å². The lowest BCUT2D eigenvalue weighted by Gasteiger charge is -2.29. The summed E-state index contributed by atoms with van der Waals surface area (Å²) in [6, 6.07) is 8.44. The molecule has 1 saturated carbocycles. The molecule has 0 spiro atoms. The number of carbonyl (C=O) groups is 1. The van der Waals surface area contributed by atoms with E-state index in [0.29, 0.717) is 12.0 Å². The zero-order valence-electron chi connectivity index (χ0n) is 15.6. The number of rotatable bonds is 6. The van der Waals surface area contributed by atoms with Crippen LogP contribution in [0.25, 0.3) is 0 Å². The molecular formula is C21H29N3O. The highest BCUT2D eigenvalue weighted by molar-refractivity contribution is 6.07. The van der Waals surface area contributed by atoms with Gasteiger partial charge >= 0.3 is 0 Å². The minimum Gasteiger partial charge on any atom is -0.387 e. The van der Waals surface area contributed by atoms with Crippen LogP contribution in [0.5, 0.6) is 0 Å². The van der Waals surface area contributed by atoms with Crippen molar-refractivity contribution < 1.29 is 4.79 Å². The van der Waals surface area contributed by atoms with Gasteiger partial charge in [0.2, 0.25) is 0 Å². The molecule has 0 radical (unpaired) electrons. The van der Waals surface area contributed by atoms with Gasteiger partial charge in [0.15, 0.2) is 0 Å². The molecule has 0 heterocycles. The van der Waals surface area contributed by atoms with Crippen molar-refractivity contribution in [1.29, 1.82) is 5.26 Å². The Morgan fingerprint density at radius 2 is 1.88 bits per heavy atom. The monoisotopic (exact) mass is 339 g/mol. The molecule has 2 atom stereocenters. The number of para-hydroxylation sites is 1. The Morgan fingerprint density at radius 3 is 2.44 bits per heavy atom. The van der Waals surface area contributed by atoms with E-state index >= 15 is 0 Å². The summed E-state index contributed by atoms with van der Waals surface area (Å²) in [5.74, 6) is 0.231. The molecule has 134 valence electrons. The number of nitrogens with zero attached hydrogens (tertiary/aromatic N) is 1. The maximum absolute atomic E-state index is 12.6. The molecule has 0 bridgehead atoms. The van der Waals surface area contributed by atoms with Crippen molar-refractivity contribution in [3.05, 3.63) is 41.1 Å². The maximum Gasteiger partial charge on any atom is 0.267 e. The van der Waals surface area contributed by atoms with E-state index in [4.69, 9.17) is 0 Å². The topological polar surface area (TPSA) is 64.9 Å². The number of carbonyl (C=O) groups excluding carboxylic acids is 1. The van der Waals surface area contributed by atoms with E-state index in [-0.39, 0.29) is 11.5 Å². The van der Waals surface area contributed by atoms with Crippen LogP contribution < -0.4 is 10.6 Å². The van der Waals surface area contributed by atoms with Crippen LogP contribution in [-0.2, 0) is 17.6 Å². The summed E-state index contributed by atoms with van der Waals surface area (Å²) in [4.78, 5) is 12.6. The molecule has 0 saturated heterocycles. The third kappa shape index (κ3) is 4.85. The second kappa shape index (κ2) is 9.27. The number of hydrogen-bond acceptors (Lipinski definition) is 3. The van der Waals surface area contributed by atoms with Gasteiger partial charge in [-0.1, -0.05) is 51.8 Å². The normalized spacial score (nSPS) is 20.6. The van der Waals surface area contributed by atoms with Gasteiger partial charge in [0.25, 0.3) is 5.91 Å². The Bertz CT molecular complexity index is 650. The molecular weight excluding hydrogens is 310 g/mol. The fraction of sp³-hybridized carbons (Fsp3) is 0.524.